The van der Waals surface area contributed by atoms with Gasteiger partial charge in [-0.25, -0.2) is 0 Å². The molecule has 6 heteroatoms. The Kier molecular flexibility index (Phi) is 2.81. The van der Waals surface area contributed by atoms with E-state index in [9.17, 15) is 14.4 Å². The Balaban J connectivity index is 2.99. The maximum Gasteiger partial charge on any atom is 0.252 e. The minimum absolute atomic E-state index is 0.126. The fourth-order valence-corrected chi connectivity index (χ4v) is 1.38. The molecule has 84 valence electrons. The van der Waals surface area contributed by atoms with E-state index in [-0.39, 0.29) is 6.54 Å². The van der Waals surface area contributed by atoms with Crippen LogP contribution in [0.5, 0.6) is 0 Å². The highest BCUT2D eigenvalue weighted by molar-refractivity contribution is 6.06. The molecule has 1 aliphatic rings. The second-order valence-electron chi connectivity index (χ2n) is 4.15. The molecular formula is C9H15N3O3. The molecule has 1 fully saturated rings. The summed E-state index contributed by atoms with van der Waals surface area (Å²) in [5.74, 6) is -1.36. The number of hydrogen-bond donors (Lipinski definition) is 2. The molecule has 6 nitrogen and oxygen atoms in total. The fraction of sp³-hybridized carbons (Fsp3) is 0.667. The molecule has 3 amide bonds. The minimum Gasteiger partial charge on any atom is -0.320 e. The second-order valence-corrected chi connectivity index (χ2v) is 4.15. The number of piperazine rings is 1. The quantitative estimate of drug-likeness (QED) is 0.524. The van der Waals surface area contributed by atoms with Crippen LogP contribution in [0.25, 0.3) is 0 Å². The lowest BCUT2D eigenvalue weighted by molar-refractivity contribution is -0.156. The van der Waals surface area contributed by atoms with Gasteiger partial charge in [0, 0.05) is 0 Å². The van der Waals surface area contributed by atoms with E-state index in [0.717, 1.165) is 0 Å². The number of carbonyl (C=O) groups is 3. The first-order valence-electron chi connectivity index (χ1n) is 4.68. The van der Waals surface area contributed by atoms with E-state index in [4.69, 9.17) is 5.73 Å². The summed E-state index contributed by atoms with van der Waals surface area (Å²) in [6, 6.07) is -0.719. The Bertz CT molecular complexity index is 323. The summed E-state index contributed by atoms with van der Waals surface area (Å²) in [4.78, 5) is 35.5. The molecule has 0 unspecified atom stereocenters. The second kappa shape index (κ2) is 3.62. The van der Waals surface area contributed by atoms with Crippen LogP contribution in [0.2, 0.25) is 0 Å². The van der Waals surface area contributed by atoms with Crippen LogP contribution in [-0.2, 0) is 14.4 Å². The topological polar surface area (TPSA) is 92.5 Å². The van der Waals surface area contributed by atoms with E-state index in [2.05, 4.69) is 5.32 Å². The van der Waals surface area contributed by atoms with Gasteiger partial charge < -0.3 is 10.6 Å². The number of nitrogens with two attached hydrogens (primary N) is 1. The molecular weight excluding hydrogens is 198 g/mol. The SMILES string of the molecule is C[C@@H](N)C(=O)N1CC(=O)NC(=O)C1(C)C. The fourth-order valence-electron chi connectivity index (χ4n) is 1.38. The zero-order valence-electron chi connectivity index (χ0n) is 9.03. The van der Waals surface area contributed by atoms with E-state index in [0.29, 0.717) is 0 Å². The highest BCUT2D eigenvalue weighted by atomic mass is 16.2. The van der Waals surface area contributed by atoms with Gasteiger partial charge in [-0.05, 0) is 20.8 Å². The zero-order valence-corrected chi connectivity index (χ0v) is 9.03. The van der Waals surface area contributed by atoms with Gasteiger partial charge >= 0.3 is 0 Å². The number of amides is 3. The van der Waals surface area contributed by atoms with Crippen LogP contribution in [0.4, 0.5) is 0 Å². The first-order chi connectivity index (χ1) is 6.76. The summed E-state index contributed by atoms with van der Waals surface area (Å²) in [6.07, 6.45) is 0. The van der Waals surface area contributed by atoms with Crippen molar-refractivity contribution < 1.29 is 14.4 Å². The van der Waals surface area contributed by atoms with Crippen molar-refractivity contribution in [2.45, 2.75) is 32.4 Å². The first kappa shape index (κ1) is 11.6. The van der Waals surface area contributed by atoms with Crippen LogP contribution in [0.15, 0.2) is 0 Å². The molecule has 0 radical (unpaired) electrons. The van der Waals surface area contributed by atoms with Crippen molar-refractivity contribution in [3.63, 3.8) is 0 Å². The Morgan fingerprint density at radius 2 is 2.07 bits per heavy atom. The molecule has 0 bridgehead atoms. The monoisotopic (exact) mass is 213 g/mol. The molecule has 1 heterocycles. The lowest BCUT2D eigenvalue weighted by Crippen LogP contribution is -2.67. The average Bonchev–Trinajstić information content (AvgIpc) is 2.10. The van der Waals surface area contributed by atoms with Gasteiger partial charge in [-0.3, -0.25) is 19.7 Å². The number of imide groups is 1. The predicted octanol–water partition coefficient (Wildman–Crippen LogP) is -1.40. The molecule has 1 atom stereocenters. The average molecular weight is 213 g/mol. The first-order valence-corrected chi connectivity index (χ1v) is 4.68. The van der Waals surface area contributed by atoms with Gasteiger partial charge in [-0.2, -0.15) is 0 Å². The predicted molar refractivity (Wildman–Crippen MR) is 52.6 cm³/mol. The molecule has 1 aliphatic heterocycles. The Hall–Kier alpha value is -1.43. The lowest BCUT2D eigenvalue weighted by Gasteiger charge is -2.40. The van der Waals surface area contributed by atoms with Gasteiger partial charge in [0.2, 0.25) is 11.8 Å². The molecule has 15 heavy (non-hydrogen) atoms. The van der Waals surface area contributed by atoms with Gasteiger partial charge in [0.25, 0.3) is 5.91 Å². The molecule has 3 N–H and O–H groups in total. The van der Waals surface area contributed by atoms with Crippen molar-refractivity contribution in [1.29, 1.82) is 0 Å². The molecule has 1 saturated heterocycles. The van der Waals surface area contributed by atoms with Crippen molar-refractivity contribution in [1.82, 2.24) is 10.2 Å². The number of rotatable bonds is 1. The maximum atomic E-state index is 11.7. The highest BCUT2D eigenvalue weighted by Crippen LogP contribution is 2.18. The normalized spacial score (nSPS) is 22.3. The third-order valence-electron chi connectivity index (χ3n) is 2.44. The summed E-state index contributed by atoms with van der Waals surface area (Å²) < 4.78 is 0. The number of hydrogen-bond acceptors (Lipinski definition) is 4. The third kappa shape index (κ3) is 1.99. The summed E-state index contributed by atoms with van der Waals surface area (Å²) in [6.45, 7) is 4.55. The summed E-state index contributed by atoms with van der Waals surface area (Å²) >= 11 is 0. The molecule has 0 saturated carbocycles. The van der Waals surface area contributed by atoms with Crippen LogP contribution in [0.3, 0.4) is 0 Å². The summed E-state index contributed by atoms with van der Waals surface area (Å²) in [7, 11) is 0. The van der Waals surface area contributed by atoms with Crippen LogP contribution in [-0.4, -0.2) is 40.7 Å². The van der Waals surface area contributed by atoms with E-state index in [1.54, 1.807) is 13.8 Å². The standard InChI is InChI=1S/C9H15N3O3/c1-5(10)7(14)12-4-6(13)11-8(15)9(12,2)3/h5H,4,10H2,1-3H3,(H,11,13,15)/t5-/m1/s1. The van der Waals surface area contributed by atoms with Crippen LogP contribution < -0.4 is 11.1 Å². The van der Waals surface area contributed by atoms with Crippen LogP contribution >= 0.6 is 0 Å². The molecule has 1 rings (SSSR count). The highest BCUT2D eigenvalue weighted by Gasteiger charge is 2.43. The van der Waals surface area contributed by atoms with Gasteiger partial charge in [-0.15, -0.1) is 0 Å². The van der Waals surface area contributed by atoms with Gasteiger partial charge in [0.05, 0.1) is 6.04 Å². The smallest absolute Gasteiger partial charge is 0.252 e. The summed E-state index contributed by atoms with van der Waals surface area (Å²) in [5.41, 5.74) is 4.42. The van der Waals surface area contributed by atoms with E-state index >= 15 is 0 Å². The molecule has 0 aromatic heterocycles. The Morgan fingerprint density at radius 1 is 1.53 bits per heavy atom. The van der Waals surface area contributed by atoms with Crippen molar-refractivity contribution in [2.75, 3.05) is 6.54 Å². The third-order valence-corrected chi connectivity index (χ3v) is 2.44. The maximum absolute atomic E-state index is 11.7. The van der Waals surface area contributed by atoms with Crippen molar-refractivity contribution in [3.8, 4) is 0 Å². The largest absolute Gasteiger partial charge is 0.320 e. The Labute approximate surface area is 87.8 Å². The molecule has 0 aliphatic carbocycles. The minimum atomic E-state index is -1.03. The summed E-state index contributed by atoms with van der Waals surface area (Å²) in [5, 5.41) is 2.18. The van der Waals surface area contributed by atoms with Crippen molar-refractivity contribution in [3.05, 3.63) is 0 Å². The Morgan fingerprint density at radius 3 is 2.53 bits per heavy atom. The van der Waals surface area contributed by atoms with Crippen LogP contribution in [0.1, 0.15) is 20.8 Å². The number of carbonyl (C=O) groups excluding carboxylic acids is 3. The lowest BCUT2D eigenvalue weighted by atomic mass is 9.98. The number of nitrogens with zero attached hydrogens (tertiary/aromatic N) is 1. The van der Waals surface area contributed by atoms with Gasteiger partial charge in [0.1, 0.15) is 12.1 Å². The van der Waals surface area contributed by atoms with Crippen molar-refractivity contribution >= 4 is 17.7 Å². The van der Waals surface area contributed by atoms with Gasteiger partial charge in [-0.1, -0.05) is 0 Å². The van der Waals surface area contributed by atoms with E-state index in [1.165, 1.54) is 11.8 Å². The van der Waals surface area contributed by atoms with Crippen molar-refractivity contribution in [2.24, 2.45) is 5.73 Å². The van der Waals surface area contributed by atoms with E-state index < -0.39 is 29.3 Å². The molecule has 0 aromatic rings. The van der Waals surface area contributed by atoms with Gasteiger partial charge in [0.15, 0.2) is 0 Å². The van der Waals surface area contributed by atoms with Crippen LogP contribution in [0, 0.1) is 0 Å². The molecule has 0 spiro atoms. The molecule has 0 aromatic carbocycles. The zero-order chi connectivity index (χ0) is 11.8. The number of nitrogens with one attached hydrogen (secondary N) is 1. The van der Waals surface area contributed by atoms with E-state index in [1.807, 2.05) is 0 Å².